The van der Waals surface area contributed by atoms with Gasteiger partial charge in [-0.25, -0.2) is 9.59 Å². The lowest BCUT2D eigenvalue weighted by molar-refractivity contribution is 0.0679. The van der Waals surface area contributed by atoms with Crippen LogP contribution in [0.3, 0.4) is 0 Å². The van der Waals surface area contributed by atoms with Crippen LogP contribution in [0.5, 0.6) is 0 Å². The van der Waals surface area contributed by atoms with Gasteiger partial charge < -0.3 is 10.2 Å². The number of rotatable bonds is 2. The van der Waals surface area contributed by atoms with E-state index in [1.807, 2.05) is 13.8 Å². The van der Waals surface area contributed by atoms with Crippen molar-refractivity contribution < 1.29 is 19.8 Å². The summed E-state index contributed by atoms with van der Waals surface area (Å²) in [4.78, 5) is 22.2. The summed E-state index contributed by atoms with van der Waals surface area (Å²) in [6, 6.07) is 2.79. The summed E-state index contributed by atoms with van der Waals surface area (Å²) < 4.78 is 0. The normalized spacial score (nSPS) is 16.6. The number of hydrogen-bond acceptors (Lipinski definition) is 2. The molecule has 0 heterocycles. The van der Waals surface area contributed by atoms with E-state index in [0.717, 1.165) is 0 Å². The first kappa shape index (κ1) is 11.6. The molecule has 0 fully saturated rings. The standard InChI is InChI=1S/C13H14O4/c1-13(2)5-9-7(11(14)15)3-4-8(12(16)17)10(9)6-13/h3-4H,5-6H2,1-2H3,(H,14,15)(H,16,17). The molecule has 0 bridgehead atoms. The maximum absolute atomic E-state index is 11.1. The van der Waals surface area contributed by atoms with Crippen LogP contribution < -0.4 is 0 Å². The first-order chi connectivity index (χ1) is 7.82. The number of carbonyl (C=O) groups is 2. The zero-order valence-electron chi connectivity index (χ0n) is 9.78. The molecule has 0 aromatic heterocycles. The van der Waals surface area contributed by atoms with Crippen LogP contribution in [0.15, 0.2) is 12.1 Å². The molecule has 0 radical (unpaired) electrons. The molecular weight excluding hydrogens is 220 g/mol. The van der Waals surface area contributed by atoms with Gasteiger partial charge in [-0.3, -0.25) is 0 Å². The fourth-order valence-electron chi connectivity index (χ4n) is 2.52. The van der Waals surface area contributed by atoms with E-state index < -0.39 is 11.9 Å². The van der Waals surface area contributed by atoms with Gasteiger partial charge in [0, 0.05) is 0 Å². The Labute approximate surface area is 98.9 Å². The topological polar surface area (TPSA) is 74.6 Å². The Morgan fingerprint density at radius 2 is 1.35 bits per heavy atom. The quantitative estimate of drug-likeness (QED) is 0.822. The predicted molar refractivity (Wildman–Crippen MR) is 61.5 cm³/mol. The maximum Gasteiger partial charge on any atom is 0.335 e. The minimum atomic E-state index is -0.990. The van der Waals surface area contributed by atoms with Crippen molar-refractivity contribution in [3.05, 3.63) is 34.4 Å². The van der Waals surface area contributed by atoms with Gasteiger partial charge in [0.05, 0.1) is 11.1 Å². The van der Waals surface area contributed by atoms with E-state index in [0.29, 0.717) is 24.0 Å². The molecule has 1 aromatic carbocycles. The van der Waals surface area contributed by atoms with Crippen molar-refractivity contribution in [3.8, 4) is 0 Å². The van der Waals surface area contributed by atoms with Gasteiger partial charge in [-0.2, -0.15) is 0 Å². The zero-order valence-corrected chi connectivity index (χ0v) is 9.78. The Kier molecular flexibility index (Phi) is 2.45. The lowest BCUT2D eigenvalue weighted by Crippen LogP contribution is -2.10. The van der Waals surface area contributed by atoms with Crippen molar-refractivity contribution in [1.29, 1.82) is 0 Å². The maximum atomic E-state index is 11.1. The van der Waals surface area contributed by atoms with E-state index >= 15 is 0 Å². The summed E-state index contributed by atoms with van der Waals surface area (Å²) in [5.41, 5.74) is 1.76. The minimum absolute atomic E-state index is 0.0713. The minimum Gasteiger partial charge on any atom is -0.478 e. The van der Waals surface area contributed by atoms with Crippen LogP contribution in [0.1, 0.15) is 45.7 Å². The summed E-state index contributed by atoms with van der Waals surface area (Å²) in [6.45, 7) is 4.04. The molecule has 0 amide bonds. The third-order valence-electron chi connectivity index (χ3n) is 3.20. The fourth-order valence-corrected chi connectivity index (χ4v) is 2.52. The first-order valence-corrected chi connectivity index (χ1v) is 5.43. The molecule has 0 saturated heterocycles. The second-order valence-electron chi connectivity index (χ2n) is 5.25. The van der Waals surface area contributed by atoms with Crippen LogP contribution >= 0.6 is 0 Å². The molecule has 4 heteroatoms. The van der Waals surface area contributed by atoms with Gasteiger partial charge in [0.15, 0.2) is 0 Å². The molecule has 1 aromatic rings. The van der Waals surface area contributed by atoms with Crippen molar-refractivity contribution in [2.24, 2.45) is 5.41 Å². The molecular formula is C13H14O4. The molecule has 1 aliphatic rings. The highest BCUT2D eigenvalue weighted by molar-refractivity contribution is 5.95. The number of aromatic carboxylic acids is 2. The lowest BCUT2D eigenvalue weighted by Gasteiger charge is -2.15. The smallest absolute Gasteiger partial charge is 0.335 e. The average Bonchev–Trinajstić information content (AvgIpc) is 2.49. The predicted octanol–water partition coefficient (Wildman–Crippen LogP) is 2.21. The summed E-state index contributed by atoms with van der Waals surface area (Å²) in [6.07, 6.45) is 1.23. The second kappa shape index (κ2) is 3.58. The van der Waals surface area contributed by atoms with Crippen molar-refractivity contribution >= 4 is 11.9 Å². The summed E-state index contributed by atoms with van der Waals surface area (Å²) >= 11 is 0. The molecule has 0 unspecified atom stereocenters. The number of carboxylic acids is 2. The van der Waals surface area contributed by atoms with Gasteiger partial charge in [0.2, 0.25) is 0 Å². The molecule has 0 atom stereocenters. The van der Waals surface area contributed by atoms with Crippen molar-refractivity contribution in [2.45, 2.75) is 26.7 Å². The Hall–Kier alpha value is -1.84. The third-order valence-corrected chi connectivity index (χ3v) is 3.20. The van der Waals surface area contributed by atoms with E-state index in [4.69, 9.17) is 10.2 Å². The number of hydrogen-bond donors (Lipinski definition) is 2. The first-order valence-electron chi connectivity index (χ1n) is 5.43. The molecule has 1 aliphatic carbocycles. The average molecular weight is 234 g/mol. The highest BCUT2D eigenvalue weighted by Gasteiger charge is 2.34. The van der Waals surface area contributed by atoms with E-state index in [1.165, 1.54) is 12.1 Å². The van der Waals surface area contributed by atoms with Crippen molar-refractivity contribution in [2.75, 3.05) is 0 Å². The van der Waals surface area contributed by atoms with E-state index in [9.17, 15) is 9.59 Å². The summed E-state index contributed by atoms with van der Waals surface area (Å²) in [5, 5.41) is 18.2. The largest absolute Gasteiger partial charge is 0.478 e. The Bertz CT molecular complexity index is 469. The van der Waals surface area contributed by atoms with Crippen molar-refractivity contribution in [1.82, 2.24) is 0 Å². The Morgan fingerprint density at radius 1 is 1.00 bits per heavy atom. The Balaban J connectivity index is 2.65. The van der Waals surface area contributed by atoms with Crippen LogP contribution in [0.4, 0.5) is 0 Å². The number of carboxylic acid groups (broad SMARTS) is 2. The second-order valence-corrected chi connectivity index (χ2v) is 5.25. The summed E-state index contributed by atoms with van der Waals surface area (Å²) in [5.74, 6) is -1.98. The van der Waals surface area contributed by atoms with Gasteiger partial charge in [0.1, 0.15) is 0 Å². The number of benzene rings is 1. The molecule has 0 spiro atoms. The van der Waals surface area contributed by atoms with Gasteiger partial charge in [0.25, 0.3) is 0 Å². The fraction of sp³-hybridized carbons (Fsp3) is 0.385. The van der Waals surface area contributed by atoms with Crippen LogP contribution in [-0.4, -0.2) is 22.2 Å². The monoisotopic (exact) mass is 234 g/mol. The highest BCUT2D eigenvalue weighted by atomic mass is 16.4. The lowest BCUT2D eigenvalue weighted by atomic mass is 9.90. The van der Waals surface area contributed by atoms with E-state index in [1.54, 1.807) is 0 Å². The molecule has 90 valence electrons. The van der Waals surface area contributed by atoms with Gasteiger partial charge in [-0.05, 0) is 41.5 Å². The van der Waals surface area contributed by atoms with E-state index in [-0.39, 0.29) is 16.5 Å². The molecule has 2 rings (SSSR count). The summed E-state index contributed by atoms with van der Waals surface area (Å²) in [7, 11) is 0. The SMILES string of the molecule is CC1(C)Cc2c(C(=O)O)ccc(C(=O)O)c2C1. The van der Waals surface area contributed by atoms with Crippen molar-refractivity contribution in [3.63, 3.8) is 0 Å². The molecule has 2 N–H and O–H groups in total. The van der Waals surface area contributed by atoms with Gasteiger partial charge in [-0.1, -0.05) is 13.8 Å². The van der Waals surface area contributed by atoms with Gasteiger partial charge >= 0.3 is 11.9 Å². The Morgan fingerprint density at radius 3 is 1.65 bits per heavy atom. The molecule has 4 nitrogen and oxygen atoms in total. The third kappa shape index (κ3) is 1.90. The van der Waals surface area contributed by atoms with Crippen LogP contribution in [-0.2, 0) is 12.8 Å². The number of fused-ring (bicyclic) bond motifs is 1. The van der Waals surface area contributed by atoms with Crippen LogP contribution in [0.2, 0.25) is 0 Å². The molecule has 17 heavy (non-hydrogen) atoms. The van der Waals surface area contributed by atoms with Gasteiger partial charge in [-0.15, -0.1) is 0 Å². The molecule has 0 saturated carbocycles. The van der Waals surface area contributed by atoms with Crippen LogP contribution in [0.25, 0.3) is 0 Å². The molecule has 0 aliphatic heterocycles. The zero-order chi connectivity index (χ0) is 12.8. The van der Waals surface area contributed by atoms with E-state index in [2.05, 4.69) is 0 Å². The van der Waals surface area contributed by atoms with Crippen LogP contribution in [0, 0.1) is 5.41 Å². The highest BCUT2D eigenvalue weighted by Crippen LogP contribution is 2.39.